The summed E-state index contributed by atoms with van der Waals surface area (Å²) < 4.78 is 16.9. The van der Waals surface area contributed by atoms with Crippen LogP contribution in [0.1, 0.15) is 303 Å². The van der Waals surface area contributed by atoms with Crippen molar-refractivity contribution in [2.75, 3.05) is 13.2 Å². The minimum absolute atomic E-state index is 0.0984. The number of hydrogen-bond acceptors (Lipinski definition) is 6. The van der Waals surface area contributed by atoms with Crippen LogP contribution >= 0.6 is 0 Å². The Morgan fingerprint density at radius 3 is 0.823 bits per heavy atom. The molecule has 0 aliphatic carbocycles. The molecule has 1 unspecified atom stereocenters. The van der Waals surface area contributed by atoms with Crippen LogP contribution in [0, 0.1) is 0 Å². The fourth-order valence-electron chi connectivity index (χ4n) is 8.98. The number of ether oxygens (including phenoxy) is 3. The second-order valence-corrected chi connectivity index (χ2v) is 21.6. The van der Waals surface area contributed by atoms with Crippen molar-refractivity contribution >= 4 is 17.9 Å². The quantitative estimate of drug-likeness (QED) is 0.0261. The highest BCUT2D eigenvalue weighted by Crippen LogP contribution is 2.15. The first kappa shape index (κ1) is 74.8. The Morgan fingerprint density at radius 1 is 0.266 bits per heavy atom. The van der Waals surface area contributed by atoms with Gasteiger partial charge in [0.1, 0.15) is 13.2 Å². The molecule has 0 aliphatic rings. The monoisotopic (exact) mass is 1090 g/mol. The molecule has 0 saturated heterocycles. The lowest BCUT2D eigenvalue weighted by molar-refractivity contribution is -0.167. The van der Waals surface area contributed by atoms with E-state index in [9.17, 15) is 14.4 Å². The predicted molar refractivity (Wildman–Crippen MR) is 343 cm³/mol. The minimum atomic E-state index is -0.805. The van der Waals surface area contributed by atoms with Gasteiger partial charge in [-0.25, -0.2) is 0 Å². The normalized spacial score (nSPS) is 12.9. The van der Waals surface area contributed by atoms with E-state index in [1.165, 1.54) is 141 Å². The first-order chi connectivity index (χ1) is 39.0. The van der Waals surface area contributed by atoms with Crippen LogP contribution in [0.5, 0.6) is 0 Å². The van der Waals surface area contributed by atoms with Gasteiger partial charge in [0.2, 0.25) is 0 Å². The zero-order valence-electron chi connectivity index (χ0n) is 51.6. The third kappa shape index (κ3) is 64.5. The molecule has 79 heavy (non-hydrogen) atoms. The van der Waals surface area contributed by atoms with Crippen molar-refractivity contribution < 1.29 is 28.6 Å². The summed E-state index contributed by atoms with van der Waals surface area (Å²) in [5, 5.41) is 0. The van der Waals surface area contributed by atoms with Crippen molar-refractivity contribution in [3.8, 4) is 0 Å². The van der Waals surface area contributed by atoms with Gasteiger partial charge in [-0.1, -0.05) is 271 Å². The van der Waals surface area contributed by atoms with E-state index in [4.69, 9.17) is 14.2 Å². The van der Waals surface area contributed by atoms with E-state index in [1.54, 1.807) is 0 Å². The lowest BCUT2D eigenvalue weighted by Gasteiger charge is -2.18. The minimum Gasteiger partial charge on any atom is -0.462 e. The SMILES string of the molecule is CC/C=C\C/C=C\C/C=C\C/C=C\C/C=C\C/C=C\C/C=C\C/C=C\CCCCC(=O)OCC(COC(=O)CCCCCCC/C=C\CCCCCC)OC(=O)CCCCCCCCCCC/C=C\CCCCCCCCCC. The third-order valence-corrected chi connectivity index (χ3v) is 13.9. The molecular formula is C73H122O6. The smallest absolute Gasteiger partial charge is 0.306 e. The topological polar surface area (TPSA) is 78.9 Å². The number of allylic oxidation sites excluding steroid dienone is 20. The van der Waals surface area contributed by atoms with Gasteiger partial charge in [0.25, 0.3) is 0 Å². The van der Waals surface area contributed by atoms with Crippen LogP contribution in [0.25, 0.3) is 0 Å². The Balaban J connectivity index is 4.43. The summed E-state index contributed by atoms with van der Waals surface area (Å²) in [4.78, 5) is 38.3. The number of carbonyl (C=O) groups excluding carboxylic acids is 3. The maximum absolute atomic E-state index is 12.9. The summed E-state index contributed by atoms with van der Waals surface area (Å²) >= 11 is 0. The molecule has 0 aromatic heterocycles. The van der Waals surface area contributed by atoms with Gasteiger partial charge in [-0.2, -0.15) is 0 Å². The maximum Gasteiger partial charge on any atom is 0.306 e. The standard InChI is InChI=1S/C73H122O6/c1-4-7-10-13-16-19-22-25-27-29-31-33-34-35-36-37-38-40-41-43-45-48-51-54-57-60-63-66-72(75)78-69-70(68-77-71(74)65-62-59-56-53-50-47-24-21-18-15-12-9-6-3)79-73(76)67-64-61-58-55-52-49-46-44-42-39-32-30-28-26-23-20-17-14-11-8-5-2/h7,10,16,19,21,24-25,27,30-33,35-36,38,40,43,45,51,54,70H,4-6,8-9,11-15,17-18,20,22-23,26,28-29,34,37,39,41-42,44,46-50,52-53,55-69H2,1-3H3/b10-7-,19-16-,24-21-,27-25-,32-30-,33-31-,36-35-,40-38-,45-43-,54-51-. The van der Waals surface area contributed by atoms with Crippen LogP contribution in [0.3, 0.4) is 0 Å². The van der Waals surface area contributed by atoms with E-state index in [0.717, 1.165) is 116 Å². The molecule has 0 bridgehead atoms. The second kappa shape index (κ2) is 66.3. The van der Waals surface area contributed by atoms with Crippen LogP contribution in [0.15, 0.2) is 122 Å². The van der Waals surface area contributed by atoms with E-state index in [0.29, 0.717) is 25.7 Å². The van der Waals surface area contributed by atoms with Crippen LogP contribution in [0.4, 0.5) is 0 Å². The van der Waals surface area contributed by atoms with Crippen molar-refractivity contribution in [1.82, 2.24) is 0 Å². The number of esters is 3. The molecule has 6 heteroatoms. The summed E-state index contributed by atoms with van der Waals surface area (Å²) in [6, 6.07) is 0. The van der Waals surface area contributed by atoms with E-state index in [1.807, 2.05) is 0 Å². The van der Waals surface area contributed by atoms with Gasteiger partial charge < -0.3 is 14.2 Å². The molecule has 0 amide bonds. The number of hydrogen-bond donors (Lipinski definition) is 0. The highest BCUT2D eigenvalue weighted by Gasteiger charge is 2.19. The summed E-state index contributed by atoms with van der Waals surface area (Å²) in [7, 11) is 0. The molecule has 0 aromatic rings. The van der Waals surface area contributed by atoms with Gasteiger partial charge in [-0.15, -0.1) is 0 Å². The Kier molecular flexibility index (Phi) is 62.8. The van der Waals surface area contributed by atoms with Gasteiger partial charge in [0.15, 0.2) is 6.10 Å². The molecule has 0 rings (SSSR count). The Morgan fingerprint density at radius 2 is 0.494 bits per heavy atom. The molecule has 0 radical (unpaired) electrons. The molecule has 450 valence electrons. The molecule has 0 fully saturated rings. The molecule has 0 spiro atoms. The lowest BCUT2D eigenvalue weighted by Crippen LogP contribution is -2.30. The van der Waals surface area contributed by atoms with E-state index in [2.05, 4.69) is 142 Å². The van der Waals surface area contributed by atoms with Crippen LogP contribution in [-0.4, -0.2) is 37.2 Å². The first-order valence-electron chi connectivity index (χ1n) is 33.0. The summed E-state index contributed by atoms with van der Waals surface area (Å²) in [6.45, 7) is 6.48. The average Bonchev–Trinajstić information content (AvgIpc) is 3.45. The Hall–Kier alpha value is -4.19. The van der Waals surface area contributed by atoms with E-state index < -0.39 is 6.10 Å². The fraction of sp³-hybridized carbons (Fsp3) is 0.685. The van der Waals surface area contributed by atoms with Gasteiger partial charge in [-0.3, -0.25) is 14.4 Å². The zero-order valence-corrected chi connectivity index (χ0v) is 51.6. The largest absolute Gasteiger partial charge is 0.462 e. The molecule has 0 N–H and O–H groups in total. The predicted octanol–water partition coefficient (Wildman–Crippen LogP) is 22.8. The highest BCUT2D eigenvalue weighted by molar-refractivity contribution is 5.71. The maximum atomic E-state index is 12.9. The Labute approximate surface area is 488 Å². The van der Waals surface area contributed by atoms with Crippen molar-refractivity contribution in [2.24, 2.45) is 0 Å². The number of carbonyl (C=O) groups is 3. The van der Waals surface area contributed by atoms with Crippen molar-refractivity contribution in [3.63, 3.8) is 0 Å². The van der Waals surface area contributed by atoms with Crippen molar-refractivity contribution in [3.05, 3.63) is 122 Å². The first-order valence-corrected chi connectivity index (χ1v) is 33.0. The molecule has 1 atom stereocenters. The zero-order chi connectivity index (χ0) is 57.1. The lowest BCUT2D eigenvalue weighted by atomic mass is 10.1. The van der Waals surface area contributed by atoms with Gasteiger partial charge >= 0.3 is 17.9 Å². The van der Waals surface area contributed by atoms with Crippen LogP contribution < -0.4 is 0 Å². The molecule has 0 saturated carbocycles. The summed E-state index contributed by atoms with van der Waals surface area (Å²) in [6.07, 6.45) is 92.1. The van der Waals surface area contributed by atoms with Crippen LogP contribution in [0.2, 0.25) is 0 Å². The number of unbranched alkanes of at least 4 members (excludes halogenated alkanes) is 28. The number of rotatable bonds is 59. The molecule has 0 heterocycles. The van der Waals surface area contributed by atoms with E-state index in [-0.39, 0.29) is 31.1 Å². The summed E-state index contributed by atoms with van der Waals surface area (Å²) in [5.74, 6) is -0.948. The van der Waals surface area contributed by atoms with Gasteiger partial charge in [-0.05, 0) is 135 Å². The Bertz CT molecular complexity index is 1640. The molecule has 0 aromatic carbocycles. The fourth-order valence-corrected chi connectivity index (χ4v) is 8.98. The highest BCUT2D eigenvalue weighted by atomic mass is 16.6. The molecule has 6 nitrogen and oxygen atoms in total. The average molecular weight is 1100 g/mol. The van der Waals surface area contributed by atoms with Crippen molar-refractivity contribution in [1.29, 1.82) is 0 Å². The van der Waals surface area contributed by atoms with E-state index >= 15 is 0 Å². The third-order valence-electron chi connectivity index (χ3n) is 13.9. The second-order valence-electron chi connectivity index (χ2n) is 21.6. The van der Waals surface area contributed by atoms with Crippen molar-refractivity contribution in [2.45, 2.75) is 309 Å². The van der Waals surface area contributed by atoms with Gasteiger partial charge in [0, 0.05) is 19.3 Å². The summed E-state index contributed by atoms with van der Waals surface area (Å²) in [5.41, 5.74) is 0. The molecule has 0 aliphatic heterocycles. The molecular weight excluding hydrogens is 973 g/mol. The van der Waals surface area contributed by atoms with Gasteiger partial charge in [0.05, 0.1) is 0 Å². The van der Waals surface area contributed by atoms with Crippen LogP contribution in [-0.2, 0) is 28.6 Å².